The molecule has 2 fully saturated rings. The van der Waals surface area contributed by atoms with Crippen LogP contribution in [0.25, 0.3) is 0 Å². The lowest BCUT2D eigenvalue weighted by Gasteiger charge is -2.04. The molecule has 0 radical (unpaired) electrons. The molecular weight excluding hydrogens is 268 g/mol. The van der Waals surface area contributed by atoms with E-state index in [0.717, 1.165) is 11.8 Å². The van der Waals surface area contributed by atoms with Crippen molar-refractivity contribution in [3.8, 4) is 0 Å². The lowest BCUT2D eigenvalue weighted by Crippen LogP contribution is -1.90. The molecule has 2 aliphatic rings. The Kier molecular flexibility index (Phi) is 2.35. The Bertz CT molecular complexity index is 138. The molecule has 0 aromatic heterocycles. The highest BCUT2D eigenvalue weighted by atomic mass is 79.9. The van der Waals surface area contributed by atoms with E-state index in [0.29, 0.717) is 3.23 Å². The average molecular weight is 282 g/mol. The van der Waals surface area contributed by atoms with Crippen LogP contribution in [0, 0.1) is 11.8 Å². The standard InChI is InChI=1S/C9H14Br2/c10-9(11)7-5-3-1-2-4-6-8(7)9/h7-8H,1-6H2/t7-,8-/m0/s1. The van der Waals surface area contributed by atoms with Gasteiger partial charge in [-0.1, -0.05) is 57.5 Å². The maximum atomic E-state index is 3.77. The fraction of sp³-hybridized carbons (Fsp3) is 1.00. The average Bonchev–Trinajstić information content (AvgIpc) is 2.29. The van der Waals surface area contributed by atoms with Crippen molar-refractivity contribution in [1.29, 1.82) is 0 Å². The second kappa shape index (κ2) is 3.02. The highest BCUT2D eigenvalue weighted by Crippen LogP contribution is 2.66. The van der Waals surface area contributed by atoms with Gasteiger partial charge in [-0.2, -0.15) is 0 Å². The minimum atomic E-state index is 0.352. The van der Waals surface area contributed by atoms with E-state index < -0.39 is 0 Å². The SMILES string of the molecule is BrC1(Br)[C@H]2CCCCCC[C@@H]21. The number of hydrogen-bond donors (Lipinski definition) is 0. The van der Waals surface area contributed by atoms with Crippen molar-refractivity contribution in [2.24, 2.45) is 11.8 Å². The van der Waals surface area contributed by atoms with Crippen molar-refractivity contribution in [2.45, 2.75) is 41.8 Å². The van der Waals surface area contributed by atoms with Crippen molar-refractivity contribution < 1.29 is 0 Å². The zero-order chi connectivity index (χ0) is 7.90. The van der Waals surface area contributed by atoms with Gasteiger partial charge >= 0.3 is 0 Å². The molecule has 0 aliphatic heterocycles. The molecule has 0 unspecified atom stereocenters. The molecule has 2 rings (SSSR count). The van der Waals surface area contributed by atoms with Crippen LogP contribution >= 0.6 is 31.9 Å². The Labute approximate surface area is 85.4 Å². The molecule has 0 saturated heterocycles. The summed E-state index contributed by atoms with van der Waals surface area (Å²) in [5, 5.41) is 0. The van der Waals surface area contributed by atoms with E-state index in [9.17, 15) is 0 Å². The predicted molar refractivity (Wildman–Crippen MR) is 55.3 cm³/mol. The Hall–Kier alpha value is 0.960. The zero-order valence-corrected chi connectivity index (χ0v) is 9.83. The number of halogens is 2. The fourth-order valence-electron chi connectivity index (χ4n) is 2.33. The molecule has 0 nitrogen and oxygen atoms in total. The van der Waals surface area contributed by atoms with Gasteiger partial charge in [-0.25, -0.2) is 0 Å². The maximum absolute atomic E-state index is 3.77. The van der Waals surface area contributed by atoms with Gasteiger partial charge in [-0.05, 0) is 24.7 Å². The van der Waals surface area contributed by atoms with E-state index in [1.807, 2.05) is 0 Å². The molecule has 0 aromatic carbocycles. The molecule has 0 aromatic rings. The van der Waals surface area contributed by atoms with Gasteiger partial charge in [0.1, 0.15) is 0 Å². The Morgan fingerprint density at radius 2 is 1.27 bits per heavy atom. The van der Waals surface area contributed by atoms with Crippen LogP contribution in [0.4, 0.5) is 0 Å². The van der Waals surface area contributed by atoms with Crippen LogP contribution in [0.2, 0.25) is 0 Å². The first-order valence-corrected chi connectivity index (χ1v) is 6.19. The topological polar surface area (TPSA) is 0 Å². The van der Waals surface area contributed by atoms with Crippen LogP contribution in [0.15, 0.2) is 0 Å². The largest absolute Gasteiger partial charge is 0.0868 e. The molecule has 0 spiro atoms. The van der Waals surface area contributed by atoms with E-state index in [2.05, 4.69) is 31.9 Å². The zero-order valence-electron chi connectivity index (χ0n) is 6.65. The predicted octanol–water partition coefficient (Wildman–Crippen LogP) is 4.07. The van der Waals surface area contributed by atoms with Crippen molar-refractivity contribution >= 4 is 31.9 Å². The summed E-state index contributed by atoms with van der Waals surface area (Å²) in [6.45, 7) is 0. The summed E-state index contributed by atoms with van der Waals surface area (Å²) in [5.41, 5.74) is 0. The number of hydrogen-bond acceptors (Lipinski definition) is 0. The first-order valence-electron chi connectivity index (χ1n) is 4.61. The lowest BCUT2D eigenvalue weighted by atomic mass is 10.0. The summed E-state index contributed by atoms with van der Waals surface area (Å²) >= 11 is 7.53. The summed E-state index contributed by atoms with van der Waals surface area (Å²) in [6.07, 6.45) is 8.67. The van der Waals surface area contributed by atoms with Gasteiger partial charge < -0.3 is 0 Å². The van der Waals surface area contributed by atoms with Crippen LogP contribution in [-0.2, 0) is 0 Å². The van der Waals surface area contributed by atoms with Crippen molar-refractivity contribution in [3.05, 3.63) is 0 Å². The van der Waals surface area contributed by atoms with E-state index in [-0.39, 0.29) is 0 Å². The molecule has 0 heterocycles. The molecule has 2 aliphatic carbocycles. The third-order valence-corrected chi connectivity index (χ3v) is 5.50. The fourth-order valence-corrected chi connectivity index (χ4v) is 4.26. The summed E-state index contributed by atoms with van der Waals surface area (Å²) in [5.74, 6) is 1.87. The summed E-state index contributed by atoms with van der Waals surface area (Å²) < 4.78 is 0.352. The lowest BCUT2D eigenvalue weighted by molar-refractivity contribution is 0.485. The second-order valence-corrected chi connectivity index (χ2v) is 7.57. The smallest absolute Gasteiger partial charge is 0.0721 e. The number of alkyl halides is 2. The number of fused-ring (bicyclic) bond motifs is 1. The van der Waals surface area contributed by atoms with Crippen LogP contribution < -0.4 is 0 Å². The molecule has 0 N–H and O–H groups in total. The third-order valence-electron chi connectivity index (χ3n) is 3.15. The molecule has 2 saturated carbocycles. The molecule has 0 bridgehead atoms. The van der Waals surface area contributed by atoms with Crippen molar-refractivity contribution in [3.63, 3.8) is 0 Å². The molecule has 11 heavy (non-hydrogen) atoms. The monoisotopic (exact) mass is 280 g/mol. The Balaban J connectivity index is 1.95. The van der Waals surface area contributed by atoms with Gasteiger partial charge in [0.15, 0.2) is 0 Å². The van der Waals surface area contributed by atoms with Gasteiger partial charge in [0.2, 0.25) is 0 Å². The quantitative estimate of drug-likeness (QED) is 0.587. The first-order chi connectivity index (χ1) is 5.23. The second-order valence-electron chi connectivity index (χ2n) is 3.88. The maximum Gasteiger partial charge on any atom is 0.0868 e. The van der Waals surface area contributed by atoms with Gasteiger partial charge in [-0.15, -0.1) is 0 Å². The summed E-state index contributed by atoms with van der Waals surface area (Å²) in [6, 6.07) is 0. The highest BCUT2D eigenvalue weighted by molar-refractivity contribution is 9.25. The molecule has 0 amide bonds. The van der Waals surface area contributed by atoms with Crippen molar-refractivity contribution in [1.82, 2.24) is 0 Å². The minimum absolute atomic E-state index is 0.352. The Morgan fingerprint density at radius 1 is 0.818 bits per heavy atom. The van der Waals surface area contributed by atoms with E-state index in [1.165, 1.54) is 38.5 Å². The van der Waals surface area contributed by atoms with Gasteiger partial charge in [0.25, 0.3) is 0 Å². The van der Waals surface area contributed by atoms with Gasteiger partial charge in [-0.3, -0.25) is 0 Å². The summed E-state index contributed by atoms with van der Waals surface area (Å²) in [7, 11) is 0. The molecule has 2 heteroatoms. The van der Waals surface area contributed by atoms with Crippen LogP contribution in [-0.4, -0.2) is 3.23 Å². The van der Waals surface area contributed by atoms with Crippen LogP contribution in [0.5, 0.6) is 0 Å². The summed E-state index contributed by atoms with van der Waals surface area (Å²) in [4.78, 5) is 0. The first kappa shape index (κ1) is 8.55. The highest BCUT2D eigenvalue weighted by Gasteiger charge is 2.60. The number of rotatable bonds is 0. The van der Waals surface area contributed by atoms with E-state index in [1.54, 1.807) is 0 Å². The Morgan fingerprint density at radius 3 is 1.73 bits per heavy atom. The van der Waals surface area contributed by atoms with Crippen LogP contribution in [0.1, 0.15) is 38.5 Å². The molecule has 2 atom stereocenters. The normalized spacial score (nSPS) is 42.0. The van der Waals surface area contributed by atoms with Gasteiger partial charge in [0, 0.05) is 0 Å². The van der Waals surface area contributed by atoms with E-state index >= 15 is 0 Å². The third kappa shape index (κ3) is 1.53. The van der Waals surface area contributed by atoms with E-state index in [4.69, 9.17) is 0 Å². The molecule has 64 valence electrons. The van der Waals surface area contributed by atoms with Gasteiger partial charge in [0.05, 0.1) is 3.23 Å². The molecular formula is C9H14Br2. The van der Waals surface area contributed by atoms with Crippen molar-refractivity contribution in [2.75, 3.05) is 0 Å². The minimum Gasteiger partial charge on any atom is -0.0721 e. The van der Waals surface area contributed by atoms with Crippen LogP contribution in [0.3, 0.4) is 0 Å².